The van der Waals surface area contributed by atoms with Crippen LogP contribution >= 0.6 is 0 Å². The van der Waals surface area contributed by atoms with Crippen LogP contribution in [0.3, 0.4) is 0 Å². The summed E-state index contributed by atoms with van der Waals surface area (Å²) in [7, 11) is 2.13. The second kappa shape index (κ2) is 11.6. The first-order chi connectivity index (χ1) is 19.5. The SMILES string of the molecule is Cc1cc(Nc2cc(NC(=O)c3cncc(C(C)(C)C)c3)ccc2C)n(-c2cc(NN3CCN(C)CC3)ncn2)n1. The summed E-state index contributed by atoms with van der Waals surface area (Å²) in [6.45, 7) is 14.1. The van der Waals surface area contributed by atoms with E-state index in [9.17, 15) is 4.79 Å². The minimum Gasteiger partial charge on any atom is -0.340 e. The van der Waals surface area contributed by atoms with Crippen LogP contribution in [0, 0.1) is 13.8 Å². The van der Waals surface area contributed by atoms with Crippen molar-refractivity contribution in [2.45, 2.75) is 40.0 Å². The summed E-state index contributed by atoms with van der Waals surface area (Å²) in [4.78, 5) is 28.6. The third-order valence-electron chi connectivity index (χ3n) is 7.10. The second-order valence-electron chi connectivity index (χ2n) is 11.6. The predicted molar refractivity (Wildman–Crippen MR) is 162 cm³/mol. The molecule has 1 amide bonds. The summed E-state index contributed by atoms with van der Waals surface area (Å²) >= 11 is 0. The van der Waals surface area contributed by atoms with Gasteiger partial charge in [0.2, 0.25) is 0 Å². The Morgan fingerprint density at radius 2 is 1.73 bits per heavy atom. The Hall–Kier alpha value is -4.35. The molecule has 3 N–H and O–H groups in total. The fourth-order valence-electron chi connectivity index (χ4n) is 4.52. The monoisotopic (exact) mass is 554 g/mol. The average molecular weight is 555 g/mol. The van der Waals surface area contributed by atoms with Crippen LogP contribution in [-0.4, -0.2) is 73.8 Å². The van der Waals surface area contributed by atoms with E-state index in [0.29, 0.717) is 22.9 Å². The predicted octanol–water partition coefficient (Wildman–Crippen LogP) is 4.54. The van der Waals surface area contributed by atoms with Gasteiger partial charge < -0.3 is 21.0 Å². The standard InChI is InChI=1S/C30H38N10O/c1-20-7-8-24(34-29(41)22-14-23(18-31-17-22)30(3,4)5)15-25(20)35-28-13-21(2)36-40(28)27-16-26(32-19-33-27)37-39-11-9-38(6)10-12-39/h7-8,13-19,35H,9-12H2,1-6H3,(H,34,41)(H,32,33,37). The normalized spacial score (nSPS) is 14.6. The summed E-state index contributed by atoms with van der Waals surface area (Å²) in [5.41, 5.74) is 8.20. The zero-order valence-corrected chi connectivity index (χ0v) is 24.6. The van der Waals surface area contributed by atoms with Gasteiger partial charge in [-0.3, -0.25) is 9.78 Å². The number of rotatable bonds is 7. The first-order valence-corrected chi connectivity index (χ1v) is 13.8. The molecular formula is C30H38N10O. The number of aromatic nitrogens is 5. The van der Waals surface area contributed by atoms with Crippen LogP contribution in [0.25, 0.3) is 5.82 Å². The summed E-state index contributed by atoms with van der Waals surface area (Å²) in [5, 5.41) is 13.3. The topological polar surface area (TPSA) is 116 Å². The highest BCUT2D eigenvalue weighted by molar-refractivity contribution is 6.04. The molecule has 0 atom stereocenters. The van der Waals surface area contributed by atoms with Crippen molar-refractivity contribution in [3.05, 3.63) is 77.5 Å². The lowest BCUT2D eigenvalue weighted by molar-refractivity contribution is 0.102. The van der Waals surface area contributed by atoms with Gasteiger partial charge in [0.05, 0.1) is 11.3 Å². The highest BCUT2D eigenvalue weighted by Gasteiger charge is 2.18. The number of carbonyl (C=O) groups is 1. The van der Waals surface area contributed by atoms with Gasteiger partial charge in [-0.15, -0.1) is 0 Å². The van der Waals surface area contributed by atoms with Crippen molar-refractivity contribution in [3.63, 3.8) is 0 Å². The smallest absolute Gasteiger partial charge is 0.257 e. The molecule has 3 aromatic heterocycles. The van der Waals surface area contributed by atoms with Crippen molar-refractivity contribution in [2.75, 3.05) is 49.3 Å². The van der Waals surface area contributed by atoms with Gasteiger partial charge in [-0.1, -0.05) is 26.8 Å². The van der Waals surface area contributed by atoms with Crippen LogP contribution < -0.4 is 16.1 Å². The number of nitrogens with one attached hydrogen (secondary N) is 3. The highest BCUT2D eigenvalue weighted by atomic mass is 16.1. The molecule has 0 aliphatic carbocycles. The fraction of sp³-hybridized carbons (Fsp3) is 0.367. The van der Waals surface area contributed by atoms with Gasteiger partial charge in [0.1, 0.15) is 18.0 Å². The van der Waals surface area contributed by atoms with E-state index in [-0.39, 0.29) is 11.3 Å². The van der Waals surface area contributed by atoms with Crippen LogP contribution in [-0.2, 0) is 5.41 Å². The van der Waals surface area contributed by atoms with Crippen molar-refractivity contribution < 1.29 is 4.79 Å². The Morgan fingerprint density at radius 3 is 2.49 bits per heavy atom. The number of amides is 1. The molecule has 4 aromatic rings. The average Bonchev–Trinajstić information content (AvgIpc) is 3.31. The number of benzene rings is 1. The largest absolute Gasteiger partial charge is 0.340 e. The number of piperazine rings is 1. The minimum absolute atomic E-state index is 0.101. The first-order valence-electron chi connectivity index (χ1n) is 13.8. The molecule has 11 heteroatoms. The summed E-state index contributed by atoms with van der Waals surface area (Å²) in [6, 6.07) is 11.5. The van der Waals surface area contributed by atoms with Crippen molar-refractivity contribution in [2.24, 2.45) is 0 Å². The van der Waals surface area contributed by atoms with Crippen LogP contribution in [0.5, 0.6) is 0 Å². The van der Waals surface area contributed by atoms with E-state index < -0.39 is 0 Å². The number of likely N-dealkylation sites (N-methyl/N-ethyl adjacent to an activating group) is 1. The second-order valence-corrected chi connectivity index (χ2v) is 11.6. The van der Waals surface area contributed by atoms with E-state index in [1.54, 1.807) is 23.4 Å². The number of hydrogen-bond acceptors (Lipinski definition) is 9. The Balaban J connectivity index is 1.34. The van der Waals surface area contributed by atoms with Gasteiger partial charge in [-0.05, 0) is 55.6 Å². The van der Waals surface area contributed by atoms with Crippen molar-refractivity contribution in [3.8, 4) is 5.82 Å². The molecule has 4 heterocycles. The molecule has 11 nitrogen and oxygen atoms in total. The molecule has 0 unspecified atom stereocenters. The molecule has 0 saturated carbocycles. The molecule has 1 saturated heterocycles. The van der Waals surface area contributed by atoms with Crippen molar-refractivity contribution in [1.82, 2.24) is 34.6 Å². The van der Waals surface area contributed by atoms with Crippen LogP contribution in [0.2, 0.25) is 0 Å². The lowest BCUT2D eigenvalue weighted by Crippen LogP contribution is -2.47. The number of aryl methyl sites for hydroxylation is 2. The Kier molecular flexibility index (Phi) is 8.00. The summed E-state index contributed by atoms with van der Waals surface area (Å²) < 4.78 is 1.76. The lowest BCUT2D eigenvalue weighted by Gasteiger charge is -2.32. The van der Waals surface area contributed by atoms with Gasteiger partial charge in [-0.2, -0.15) is 9.78 Å². The number of anilines is 4. The molecule has 1 fully saturated rings. The zero-order valence-electron chi connectivity index (χ0n) is 24.6. The van der Waals surface area contributed by atoms with E-state index in [2.05, 4.69) is 73.8 Å². The van der Waals surface area contributed by atoms with Crippen LogP contribution in [0.1, 0.15) is 48.0 Å². The minimum atomic E-state index is -0.208. The Morgan fingerprint density at radius 1 is 0.951 bits per heavy atom. The van der Waals surface area contributed by atoms with Gasteiger partial charge in [-0.25, -0.2) is 15.0 Å². The molecule has 0 bridgehead atoms. The van der Waals surface area contributed by atoms with Gasteiger partial charge >= 0.3 is 0 Å². The summed E-state index contributed by atoms with van der Waals surface area (Å²) in [6.07, 6.45) is 4.94. The maximum absolute atomic E-state index is 13.1. The third-order valence-corrected chi connectivity index (χ3v) is 7.10. The number of nitrogens with zero attached hydrogens (tertiary/aromatic N) is 7. The van der Waals surface area contributed by atoms with E-state index in [1.807, 2.05) is 50.2 Å². The molecule has 1 aromatic carbocycles. The highest BCUT2D eigenvalue weighted by Crippen LogP contribution is 2.27. The molecule has 5 rings (SSSR count). The number of carbonyl (C=O) groups excluding carboxylic acids is 1. The molecule has 1 aliphatic rings. The number of pyridine rings is 1. The third kappa shape index (κ3) is 6.87. The van der Waals surface area contributed by atoms with Gasteiger partial charge in [0, 0.05) is 62.1 Å². The number of hydrazine groups is 1. The van der Waals surface area contributed by atoms with E-state index >= 15 is 0 Å². The molecule has 0 spiro atoms. The maximum Gasteiger partial charge on any atom is 0.257 e. The molecule has 0 radical (unpaired) electrons. The summed E-state index contributed by atoms with van der Waals surface area (Å²) in [5.74, 6) is 1.89. The Labute approximate surface area is 241 Å². The zero-order chi connectivity index (χ0) is 29.1. The van der Waals surface area contributed by atoms with Crippen LogP contribution in [0.15, 0.2) is 55.1 Å². The first kappa shape index (κ1) is 28.2. The van der Waals surface area contributed by atoms with Gasteiger partial charge in [0.15, 0.2) is 5.82 Å². The van der Waals surface area contributed by atoms with E-state index in [4.69, 9.17) is 0 Å². The molecule has 1 aliphatic heterocycles. The molecule has 214 valence electrons. The molecular weight excluding hydrogens is 516 g/mol. The lowest BCUT2D eigenvalue weighted by atomic mass is 9.87. The Bertz CT molecular complexity index is 1530. The van der Waals surface area contributed by atoms with Crippen LogP contribution in [0.4, 0.5) is 23.0 Å². The van der Waals surface area contributed by atoms with Gasteiger partial charge in [0.25, 0.3) is 5.91 Å². The maximum atomic E-state index is 13.1. The quantitative estimate of drug-likeness (QED) is 0.303. The van der Waals surface area contributed by atoms with E-state index in [0.717, 1.165) is 54.5 Å². The molecule has 41 heavy (non-hydrogen) atoms. The fourth-order valence-corrected chi connectivity index (χ4v) is 4.52. The van der Waals surface area contributed by atoms with E-state index in [1.165, 1.54) is 0 Å². The van der Waals surface area contributed by atoms with Crippen molar-refractivity contribution in [1.29, 1.82) is 0 Å². The number of hydrogen-bond donors (Lipinski definition) is 3. The van der Waals surface area contributed by atoms with Crippen molar-refractivity contribution >= 4 is 28.9 Å².